The molecule has 22 heavy (non-hydrogen) atoms. The Balaban J connectivity index is 2.24. The van der Waals surface area contributed by atoms with Crippen LogP contribution in [0.25, 0.3) is 0 Å². The number of nitriles is 2. The molecule has 5 heteroatoms. The first-order chi connectivity index (χ1) is 10.6. The van der Waals surface area contributed by atoms with Crippen LogP contribution in [-0.4, -0.2) is 0 Å². The van der Waals surface area contributed by atoms with Crippen molar-refractivity contribution >= 4 is 31.9 Å². The molecule has 0 fully saturated rings. The Bertz CT molecular complexity index is 859. The zero-order valence-corrected chi connectivity index (χ0v) is 14.3. The Hall–Kier alpha value is -2.08. The molecule has 106 valence electrons. The number of hydrogen-bond donors (Lipinski definition) is 0. The summed E-state index contributed by atoms with van der Waals surface area (Å²) < 4.78 is 7.78. The van der Waals surface area contributed by atoms with Crippen molar-refractivity contribution in [2.75, 3.05) is 0 Å². The highest BCUT2D eigenvalue weighted by Crippen LogP contribution is 2.46. The molecule has 1 unspecified atom stereocenters. The fourth-order valence-electron chi connectivity index (χ4n) is 2.44. The third-order valence-corrected chi connectivity index (χ3v) is 4.40. The molecule has 0 bridgehead atoms. The number of halogens is 2. The van der Waals surface area contributed by atoms with Crippen LogP contribution < -0.4 is 4.74 Å². The molecule has 2 aromatic rings. The third kappa shape index (κ3) is 2.66. The van der Waals surface area contributed by atoms with E-state index in [9.17, 15) is 0 Å². The normalized spacial score (nSPS) is 14.6. The molecule has 3 nitrogen and oxygen atoms in total. The van der Waals surface area contributed by atoms with Crippen LogP contribution in [0.1, 0.15) is 17.0 Å². The van der Waals surface area contributed by atoms with Gasteiger partial charge in [0.1, 0.15) is 29.2 Å². The van der Waals surface area contributed by atoms with Crippen LogP contribution in [0.5, 0.6) is 11.5 Å². The van der Waals surface area contributed by atoms with Gasteiger partial charge in [-0.2, -0.15) is 10.5 Å². The summed E-state index contributed by atoms with van der Waals surface area (Å²) in [5, 5.41) is 18.1. The van der Waals surface area contributed by atoms with Crippen LogP contribution in [0.3, 0.4) is 0 Å². The Morgan fingerprint density at radius 2 is 1.64 bits per heavy atom. The smallest absolute Gasteiger partial charge is 0.132 e. The Kier molecular flexibility index (Phi) is 4.02. The maximum Gasteiger partial charge on any atom is 0.132 e. The average molecular weight is 416 g/mol. The quantitative estimate of drug-likeness (QED) is 0.584. The van der Waals surface area contributed by atoms with E-state index in [0.29, 0.717) is 0 Å². The second kappa shape index (κ2) is 5.96. The number of nitrogens with zero attached hydrogens (tertiary/aromatic N) is 2. The molecular weight excluding hydrogens is 408 g/mol. The van der Waals surface area contributed by atoms with E-state index in [0.717, 1.165) is 31.6 Å². The molecule has 3 rings (SSSR count). The van der Waals surface area contributed by atoms with Gasteiger partial charge in [-0.25, -0.2) is 0 Å². The molecule has 1 aliphatic rings. The first-order valence-electron chi connectivity index (χ1n) is 6.41. The molecule has 0 aliphatic carbocycles. The van der Waals surface area contributed by atoms with Gasteiger partial charge in [0.2, 0.25) is 0 Å². The number of rotatable bonds is 1. The third-order valence-electron chi connectivity index (χ3n) is 3.41. The standard InChI is InChI=1S/C17H8Br2N2O/c18-11-2-4-16-15(6-11)14(5-10(8-20)9-21)13-3-1-12(19)7-17(13)22-16/h1-7,14H. The summed E-state index contributed by atoms with van der Waals surface area (Å²) in [6.07, 6.45) is 1.68. The van der Waals surface area contributed by atoms with Gasteiger partial charge in [0.15, 0.2) is 0 Å². The zero-order chi connectivity index (χ0) is 15.7. The predicted molar refractivity (Wildman–Crippen MR) is 89.5 cm³/mol. The highest BCUT2D eigenvalue weighted by Gasteiger charge is 2.26. The number of allylic oxidation sites excluding steroid dienone is 2. The number of ether oxygens (including phenoxy) is 1. The van der Waals surface area contributed by atoms with Gasteiger partial charge in [-0.05, 0) is 36.4 Å². The minimum Gasteiger partial charge on any atom is -0.457 e. The lowest BCUT2D eigenvalue weighted by Crippen LogP contribution is -2.09. The van der Waals surface area contributed by atoms with E-state index in [-0.39, 0.29) is 11.5 Å². The maximum absolute atomic E-state index is 9.06. The van der Waals surface area contributed by atoms with Gasteiger partial charge in [0.05, 0.1) is 0 Å². The number of benzene rings is 2. The Morgan fingerprint density at radius 3 is 2.36 bits per heavy atom. The summed E-state index contributed by atoms with van der Waals surface area (Å²) >= 11 is 6.89. The Morgan fingerprint density at radius 1 is 0.955 bits per heavy atom. The fourth-order valence-corrected chi connectivity index (χ4v) is 3.16. The second-order valence-corrected chi connectivity index (χ2v) is 6.58. The lowest BCUT2D eigenvalue weighted by Gasteiger charge is -2.26. The molecule has 2 aromatic carbocycles. The number of fused-ring (bicyclic) bond motifs is 2. The molecule has 0 saturated heterocycles. The van der Waals surface area contributed by atoms with Gasteiger partial charge >= 0.3 is 0 Å². The van der Waals surface area contributed by atoms with E-state index >= 15 is 0 Å². The summed E-state index contributed by atoms with van der Waals surface area (Å²) in [6.45, 7) is 0. The minimum absolute atomic E-state index is 0.0895. The van der Waals surface area contributed by atoms with Gasteiger partial charge in [0.25, 0.3) is 0 Å². The van der Waals surface area contributed by atoms with Gasteiger partial charge in [-0.15, -0.1) is 0 Å². The van der Waals surface area contributed by atoms with Gasteiger partial charge in [-0.1, -0.05) is 37.9 Å². The topological polar surface area (TPSA) is 56.8 Å². The van der Waals surface area contributed by atoms with Crippen molar-refractivity contribution in [2.24, 2.45) is 0 Å². The van der Waals surface area contributed by atoms with Crippen LogP contribution >= 0.6 is 31.9 Å². The monoisotopic (exact) mass is 414 g/mol. The molecule has 1 aliphatic heterocycles. The van der Waals surface area contributed by atoms with Crippen LogP contribution in [0, 0.1) is 22.7 Å². The van der Waals surface area contributed by atoms with Crippen LogP contribution in [-0.2, 0) is 0 Å². The van der Waals surface area contributed by atoms with E-state index in [2.05, 4.69) is 31.9 Å². The summed E-state index contributed by atoms with van der Waals surface area (Å²) in [6, 6.07) is 15.3. The predicted octanol–water partition coefficient (Wildman–Crippen LogP) is 5.42. The summed E-state index contributed by atoms with van der Waals surface area (Å²) in [5.41, 5.74) is 1.94. The molecule has 0 N–H and O–H groups in total. The SMILES string of the molecule is N#CC(C#N)=CC1c2ccc(Br)cc2Oc2ccc(Br)cc21. The molecule has 0 radical (unpaired) electrons. The second-order valence-electron chi connectivity index (χ2n) is 4.75. The summed E-state index contributed by atoms with van der Waals surface area (Å²) in [7, 11) is 0. The highest BCUT2D eigenvalue weighted by molar-refractivity contribution is 9.10. The van der Waals surface area contributed by atoms with Crippen molar-refractivity contribution in [3.8, 4) is 23.6 Å². The zero-order valence-electron chi connectivity index (χ0n) is 11.2. The van der Waals surface area contributed by atoms with Crippen molar-refractivity contribution in [1.82, 2.24) is 0 Å². The van der Waals surface area contributed by atoms with Crippen molar-refractivity contribution in [3.05, 3.63) is 68.1 Å². The maximum atomic E-state index is 9.06. The van der Waals surface area contributed by atoms with Crippen molar-refractivity contribution in [1.29, 1.82) is 10.5 Å². The molecule has 0 amide bonds. The van der Waals surface area contributed by atoms with E-state index in [4.69, 9.17) is 15.3 Å². The van der Waals surface area contributed by atoms with Crippen molar-refractivity contribution in [2.45, 2.75) is 5.92 Å². The van der Waals surface area contributed by atoms with E-state index in [1.54, 1.807) is 6.08 Å². The van der Waals surface area contributed by atoms with E-state index in [1.807, 2.05) is 48.5 Å². The van der Waals surface area contributed by atoms with Crippen LogP contribution in [0.4, 0.5) is 0 Å². The highest BCUT2D eigenvalue weighted by atomic mass is 79.9. The van der Waals surface area contributed by atoms with Gasteiger partial charge in [-0.3, -0.25) is 0 Å². The molecule has 1 heterocycles. The molecular formula is C17H8Br2N2O. The van der Waals surface area contributed by atoms with Crippen LogP contribution in [0.15, 0.2) is 57.0 Å². The summed E-state index contributed by atoms with van der Waals surface area (Å²) in [4.78, 5) is 0. The first kappa shape index (κ1) is 14.8. The van der Waals surface area contributed by atoms with E-state index < -0.39 is 0 Å². The van der Waals surface area contributed by atoms with Crippen LogP contribution in [0.2, 0.25) is 0 Å². The lowest BCUT2D eigenvalue weighted by atomic mass is 9.86. The molecule has 0 saturated carbocycles. The lowest BCUT2D eigenvalue weighted by molar-refractivity contribution is 0.453. The average Bonchev–Trinajstić information content (AvgIpc) is 2.51. The largest absolute Gasteiger partial charge is 0.457 e. The minimum atomic E-state index is -0.196. The fraction of sp³-hybridized carbons (Fsp3) is 0.0588. The van der Waals surface area contributed by atoms with Crippen molar-refractivity contribution < 1.29 is 4.74 Å². The number of hydrogen-bond acceptors (Lipinski definition) is 3. The molecule has 0 aromatic heterocycles. The van der Waals surface area contributed by atoms with Gasteiger partial charge in [0, 0.05) is 26.0 Å². The summed E-state index contributed by atoms with van der Waals surface area (Å²) in [5.74, 6) is 1.25. The van der Waals surface area contributed by atoms with E-state index in [1.165, 1.54) is 0 Å². The molecule has 1 atom stereocenters. The Labute approximate surface area is 144 Å². The van der Waals surface area contributed by atoms with Gasteiger partial charge < -0.3 is 4.74 Å². The van der Waals surface area contributed by atoms with Crippen molar-refractivity contribution in [3.63, 3.8) is 0 Å². The molecule has 0 spiro atoms. The first-order valence-corrected chi connectivity index (χ1v) is 7.99.